The molecule has 0 bridgehead atoms. The van der Waals surface area contributed by atoms with Gasteiger partial charge >= 0.3 is 0 Å². The minimum atomic E-state index is -3.04. The number of anilines is 3. The molecule has 0 aliphatic carbocycles. The van der Waals surface area contributed by atoms with E-state index in [-0.39, 0.29) is 30.5 Å². The van der Waals surface area contributed by atoms with E-state index < -0.39 is 9.84 Å². The van der Waals surface area contributed by atoms with Gasteiger partial charge in [-0.3, -0.25) is 4.79 Å². The molecule has 10 heteroatoms. The van der Waals surface area contributed by atoms with Crippen LogP contribution < -0.4 is 10.2 Å². The lowest BCUT2D eigenvalue weighted by Crippen LogP contribution is -2.46. The fourth-order valence-corrected chi connectivity index (χ4v) is 6.84. The normalized spacial score (nSPS) is 17.6. The van der Waals surface area contributed by atoms with Gasteiger partial charge in [0, 0.05) is 61.8 Å². The summed E-state index contributed by atoms with van der Waals surface area (Å²) in [7, 11) is -3.04. The Hall–Kier alpha value is -3.89. The second-order valence-corrected chi connectivity index (χ2v) is 13.0. The van der Waals surface area contributed by atoms with Gasteiger partial charge in [-0.2, -0.15) is 4.98 Å². The van der Waals surface area contributed by atoms with Gasteiger partial charge in [0.1, 0.15) is 5.52 Å². The summed E-state index contributed by atoms with van der Waals surface area (Å²) in [6.45, 7) is 10.2. The first-order chi connectivity index (χ1) is 19.8. The van der Waals surface area contributed by atoms with Gasteiger partial charge in [0.2, 0.25) is 0 Å². The molecule has 4 aromatic rings. The zero-order chi connectivity index (χ0) is 28.6. The van der Waals surface area contributed by atoms with Gasteiger partial charge in [0.15, 0.2) is 15.4 Å². The molecule has 2 fully saturated rings. The number of sulfone groups is 1. The monoisotopic (exact) mass is 573 g/mol. The number of oxazole rings is 1. The van der Waals surface area contributed by atoms with Crippen molar-refractivity contribution in [2.24, 2.45) is 0 Å². The van der Waals surface area contributed by atoms with Crippen LogP contribution in [0.25, 0.3) is 22.2 Å². The Morgan fingerprint density at radius 1 is 0.951 bits per heavy atom. The molecule has 214 valence electrons. The molecule has 2 aliphatic heterocycles. The van der Waals surface area contributed by atoms with Gasteiger partial charge < -0.3 is 24.4 Å². The van der Waals surface area contributed by atoms with Crippen molar-refractivity contribution in [3.8, 4) is 11.1 Å². The third kappa shape index (κ3) is 5.80. The third-order valence-electron chi connectivity index (χ3n) is 8.10. The highest BCUT2D eigenvalue weighted by atomic mass is 32.2. The maximum atomic E-state index is 12.9. The van der Waals surface area contributed by atoms with E-state index in [0.717, 1.165) is 55.1 Å². The highest BCUT2D eigenvalue weighted by Gasteiger charge is 2.26. The van der Waals surface area contributed by atoms with Gasteiger partial charge in [-0.1, -0.05) is 31.2 Å². The van der Waals surface area contributed by atoms with Crippen LogP contribution in [0.5, 0.6) is 0 Å². The number of amides is 1. The van der Waals surface area contributed by atoms with Crippen molar-refractivity contribution < 1.29 is 17.6 Å². The maximum Gasteiger partial charge on any atom is 0.300 e. The lowest BCUT2D eigenvalue weighted by Gasteiger charge is -2.36. The first kappa shape index (κ1) is 27.3. The molecule has 0 radical (unpaired) electrons. The van der Waals surface area contributed by atoms with Gasteiger partial charge in [-0.15, -0.1) is 0 Å². The number of hydrogen-bond donors (Lipinski definition) is 1. The highest BCUT2D eigenvalue weighted by Crippen LogP contribution is 2.33. The topological polar surface area (TPSA) is 99.0 Å². The minimum absolute atomic E-state index is 0.0146. The van der Waals surface area contributed by atoms with E-state index in [0.29, 0.717) is 17.2 Å². The van der Waals surface area contributed by atoms with Gasteiger partial charge in [-0.25, -0.2) is 8.42 Å². The molecule has 2 saturated heterocycles. The second-order valence-electron chi connectivity index (χ2n) is 10.7. The van der Waals surface area contributed by atoms with Crippen LogP contribution in [0, 0.1) is 6.92 Å². The molecule has 0 saturated carbocycles. The number of benzene rings is 3. The number of nitrogens with zero attached hydrogens (tertiary/aromatic N) is 4. The second kappa shape index (κ2) is 11.2. The zero-order valence-electron chi connectivity index (χ0n) is 23.5. The van der Waals surface area contributed by atoms with Crippen LogP contribution in [-0.4, -0.2) is 86.4 Å². The van der Waals surface area contributed by atoms with Crippen LogP contribution in [0.3, 0.4) is 0 Å². The quantitative estimate of drug-likeness (QED) is 0.359. The number of likely N-dealkylation sites (N-methyl/N-ethyl adjacent to an activating group) is 1. The van der Waals surface area contributed by atoms with E-state index in [1.54, 1.807) is 17.0 Å². The predicted molar refractivity (Wildman–Crippen MR) is 163 cm³/mol. The Morgan fingerprint density at radius 2 is 1.68 bits per heavy atom. The fraction of sp³-hybridized carbons (Fsp3) is 0.355. The SMILES string of the molecule is CCN1CCN(c2ccc(Nc3nc4cccc(-c5ccc(C(=O)N6CCS(=O)(=O)CC6)cc5)c4o3)cc2C)CC1. The Morgan fingerprint density at radius 3 is 2.37 bits per heavy atom. The minimum Gasteiger partial charge on any atom is -0.423 e. The Balaban J connectivity index is 1.17. The van der Waals surface area contributed by atoms with Gasteiger partial charge in [-0.05, 0) is 61.0 Å². The highest BCUT2D eigenvalue weighted by molar-refractivity contribution is 7.91. The smallest absolute Gasteiger partial charge is 0.300 e. The van der Waals surface area contributed by atoms with Crippen molar-refractivity contribution in [3.63, 3.8) is 0 Å². The average molecular weight is 574 g/mol. The van der Waals surface area contributed by atoms with Crippen molar-refractivity contribution in [2.75, 3.05) is 67.5 Å². The van der Waals surface area contributed by atoms with Gasteiger partial charge in [0.25, 0.3) is 11.9 Å². The summed E-state index contributed by atoms with van der Waals surface area (Å²) in [5.74, 6) is -0.123. The number of hydrogen-bond acceptors (Lipinski definition) is 8. The zero-order valence-corrected chi connectivity index (χ0v) is 24.3. The van der Waals surface area contributed by atoms with Crippen LogP contribution in [0.15, 0.2) is 65.1 Å². The van der Waals surface area contributed by atoms with Crippen LogP contribution in [0.2, 0.25) is 0 Å². The molecule has 0 atom stereocenters. The van der Waals surface area contributed by atoms with Crippen molar-refractivity contribution in [2.45, 2.75) is 13.8 Å². The van der Waals surface area contributed by atoms with Crippen LogP contribution in [0.4, 0.5) is 17.4 Å². The summed E-state index contributed by atoms with van der Waals surface area (Å²) in [6, 6.07) is 19.9. The summed E-state index contributed by atoms with van der Waals surface area (Å²) in [4.78, 5) is 24.1. The number of aryl methyl sites for hydroxylation is 1. The van der Waals surface area contributed by atoms with Gasteiger partial charge in [0.05, 0.1) is 11.5 Å². The molecule has 3 aromatic carbocycles. The molecule has 0 unspecified atom stereocenters. The van der Waals surface area contributed by atoms with Crippen molar-refractivity contribution in [1.29, 1.82) is 0 Å². The van der Waals surface area contributed by atoms with E-state index in [1.807, 2.05) is 30.3 Å². The third-order valence-corrected chi connectivity index (χ3v) is 9.71. The molecule has 1 N–H and O–H groups in total. The number of rotatable bonds is 6. The molecule has 1 amide bonds. The lowest BCUT2D eigenvalue weighted by atomic mass is 10.0. The first-order valence-electron chi connectivity index (χ1n) is 14.1. The largest absolute Gasteiger partial charge is 0.423 e. The number of fused-ring (bicyclic) bond motifs is 1. The van der Waals surface area contributed by atoms with E-state index >= 15 is 0 Å². The average Bonchev–Trinajstić information content (AvgIpc) is 3.40. The Bertz CT molecular complexity index is 1660. The Kier molecular flexibility index (Phi) is 7.44. The van der Waals surface area contributed by atoms with Crippen molar-refractivity contribution in [1.82, 2.24) is 14.8 Å². The molecule has 3 heterocycles. The molecular formula is C31H35N5O4S. The number of carbonyl (C=O) groups is 1. The first-order valence-corrected chi connectivity index (χ1v) is 16.0. The van der Waals surface area contributed by atoms with Crippen molar-refractivity contribution in [3.05, 3.63) is 71.8 Å². The lowest BCUT2D eigenvalue weighted by molar-refractivity contribution is 0.0770. The molecule has 41 heavy (non-hydrogen) atoms. The van der Waals surface area contributed by atoms with Crippen LogP contribution in [-0.2, 0) is 9.84 Å². The van der Waals surface area contributed by atoms with E-state index in [9.17, 15) is 13.2 Å². The molecule has 2 aliphatic rings. The molecule has 9 nitrogen and oxygen atoms in total. The molecular weight excluding hydrogens is 538 g/mol. The molecule has 6 rings (SSSR count). The predicted octanol–water partition coefficient (Wildman–Crippen LogP) is 4.56. The Labute approximate surface area is 240 Å². The van der Waals surface area contributed by atoms with Crippen molar-refractivity contribution >= 4 is 44.2 Å². The maximum absolute atomic E-state index is 12.9. The number of aromatic nitrogens is 1. The van der Waals surface area contributed by atoms with E-state index in [4.69, 9.17) is 4.42 Å². The van der Waals surface area contributed by atoms with E-state index in [2.05, 4.69) is 52.1 Å². The summed E-state index contributed by atoms with van der Waals surface area (Å²) in [6.07, 6.45) is 0. The summed E-state index contributed by atoms with van der Waals surface area (Å²) >= 11 is 0. The summed E-state index contributed by atoms with van der Waals surface area (Å²) in [5, 5.41) is 3.33. The fourth-order valence-electron chi connectivity index (χ4n) is 5.64. The number of carbonyl (C=O) groups excluding carboxylic acids is 1. The number of nitrogens with one attached hydrogen (secondary N) is 1. The summed E-state index contributed by atoms with van der Waals surface area (Å²) in [5.41, 5.74) is 7.10. The summed E-state index contributed by atoms with van der Waals surface area (Å²) < 4.78 is 29.6. The molecule has 1 aromatic heterocycles. The standard InChI is InChI=1S/C31H35N5O4S/c1-3-34-13-15-35(16-14-34)28-12-11-25(21-22(28)2)32-31-33-27-6-4-5-26(29(27)40-31)23-7-9-24(10-8-23)30(37)36-17-19-41(38,39)20-18-36/h4-12,21H,3,13-20H2,1-2H3,(H,32,33). The number of piperazine rings is 1. The number of para-hydroxylation sites is 1. The van der Waals surface area contributed by atoms with E-state index in [1.165, 1.54) is 11.3 Å². The molecule has 0 spiro atoms. The van der Waals surface area contributed by atoms with Crippen LogP contribution >= 0.6 is 0 Å². The van der Waals surface area contributed by atoms with Crippen LogP contribution in [0.1, 0.15) is 22.8 Å².